The summed E-state index contributed by atoms with van der Waals surface area (Å²) in [6, 6.07) is 9.34. The Morgan fingerprint density at radius 1 is 1.14 bits per heavy atom. The highest BCUT2D eigenvalue weighted by molar-refractivity contribution is 6.32. The maximum atomic E-state index is 10.7. The molecule has 76 valence electrons. The van der Waals surface area contributed by atoms with Crippen LogP contribution in [0.15, 0.2) is 30.3 Å². The Balaban J connectivity index is 0.00000169. The van der Waals surface area contributed by atoms with Gasteiger partial charge in [0.05, 0.1) is 0 Å². The Kier molecular flexibility index (Phi) is 5.17. The van der Waals surface area contributed by atoms with Crippen molar-refractivity contribution in [2.75, 3.05) is 0 Å². The normalized spacial score (nSPS) is 8.86. The van der Waals surface area contributed by atoms with Crippen molar-refractivity contribution in [3.05, 3.63) is 35.9 Å². The standard InChI is InChI=1S/C10H10O3.H2O/c11-9(10(12)13)7-6-8-4-2-1-3-5-8;/h1-5H,6-7H2,(H,12,13);1H2. The quantitative estimate of drug-likeness (QED) is 0.709. The van der Waals surface area contributed by atoms with Crippen LogP contribution in [-0.2, 0) is 16.0 Å². The van der Waals surface area contributed by atoms with Gasteiger partial charge in [-0.15, -0.1) is 0 Å². The molecule has 0 aliphatic rings. The average molecular weight is 196 g/mol. The van der Waals surface area contributed by atoms with Gasteiger partial charge >= 0.3 is 5.97 Å². The van der Waals surface area contributed by atoms with Crippen LogP contribution in [0.1, 0.15) is 12.0 Å². The summed E-state index contributed by atoms with van der Waals surface area (Å²) in [5.74, 6) is -2.08. The third-order valence-electron chi connectivity index (χ3n) is 1.72. The second-order valence-electron chi connectivity index (χ2n) is 2.71. The number of carbonyl (C=O) groups excluding carboxylic acids is 1. The van der Waals surface area contributed by atoms with Crippen LogP contribution in [0, 0.1) is 0 Å². The highest BCUT2D eigenvalue weighted by atomic mass is 16.4. The van der Waals surface area contributed by atoms with Crippen LogP contribution in [0.2, 0.25) is 0 Å². The number of ketones is 1. The van der Waals surface area contributed by atoms with Gasteiger partial charge in [0.2, 0.25) is 5.78 Å². The number of hydrogen-bond acceptors (Lipinski definition) is 2. The van der Waals surface area contributed by atoms with Gasteiger partial charge in [0.25, 0.3) is 0 Å². The summed E-state index contributed by atoms with van der Waals surface area (Å²) in [5, 5.41) is 8.31. The monoisotopic (exact) mass is 196 g/mol. The van der Waals surface area contributed by atoms with E-state index in [0.29, 0.717) is 6.42 Å². The first kappa shape index (κ1) is 12.3. The van der Waals surface area contributed by atoms with Gasteiger partial charge in [-0.2, -0.15) is 0 Å². The first-order valence-corrected chi connectivity index (χ1v) is 4.00. The molecule has 0 atom stereocenters. The van der Waals surface area contributed by atoms with Crippen LogP contribution in [0.3, 0.4) is 0 Å². The largest absolute Gasteiger partial charge is 0.476 e. The zero-order valence-corrected chi connectivity index (χ0v) is 7.56. The molecule has 0 radical (unpaired) electrons. The Hall–Kier alpha value is -1.68. The van der Waals surface area contributed by atoms with E-state index in [-0.39, 0.29) is 11.9 Å². The number of aliphatic carboxylic acids is 1. The van der Waals surface area contributed by atoms with Crippen molar-refractivity contribution >= 4 is 11.8 Å². The van der Waals surface area contributed by atoms with Gasteiger partial charge in [-0.3, -0.25) is 4.79 Å². The van der Waals surface area contributed by atoms with E-state index in [1.54, 1.807) is 0 Å². The summed E-state index contributed by atoms with van der Waals surface area (Å²) >= 11 is 0. The molecule has 0 aliphatic carbocycles. The van der Waals surface area contributed by atoms with E-state index < -0.39 is 11.8 Å². The lowest BCUT2D eigenvalue weighted by molar-refractivity contribution is -0.149. The van der Waals surface area contributed by atoms with Crippen LogP contribution >= 0.6 is 0 Å². The van der Waals surface area contributed by atoms with Crippen molar-refractivity contribution in [3.63, 3.8) is 0 Å². The molecule has 0 aliphatic heterocycles. The number of aryl methyl sites for hydroxylation is 1. The fourth-order valence-corrected chi connectivity index (χ4v) is 1.01. The van der Waals surface area contributed by atoms with E-state index in [4.69, 9.17) is 5.11 Å². The molecule has 0 fully saturated rings. The summed E-state index contributed by atoms with van der Waals surface area (Å²) in [7, 11) is 0. The highest BCUT2D eigenvalue weighted by Gasteiger charge is 2.10. The molecule has 1 aromatic carbocycles. The molecular weight excluding hydrogens is 184 g/mol. The van der Waals surface area contributed by atoms with Crippen LogP contribution < -0.4 is 0 Å². The molecule has 1 rings (SSSR count). The predicted molar refractivity (Wildman–Crippen MR) is 51.0 cm³/mol. The smallest absolute Gasteiger partial charge is 0.372 e. The Morgan fingerprint density at radius 3 is 2.21 bits per heavy atom. The first-order valence-electron chi connectivity index (χ1n) is 4.00. The zero-order valence-electron chi connectivity index (χ0n) is 7.56. The Bertz CT molecular complexity index is 305. The number of benzene rings is 1. The second kappa shape index (κ2) is 5.88. The van der Waals surface area contributed by atoms with Crippen molar-refractivity contribution in [3.8, 4) is 0 Å². The molecule has 0 spiro atoms. The summed E-state index contributed by atoms with van der Waals surface area (Å²) in [4.78, 5) is 20.9. The maximum Gasteiger partial charge on any atom is 0.372 e. The third kappa shape index (κ3) is 3.82. The summed E-state index contributed by atoms with van der Waals surface area (Å²) in [6.07, 6.45) is 0.561. The van der Waals surface area contributed by atoms with E-state index in [1.807, 2.05) is 30.3 Å². The van der Waals surface area contributed by atoms with Crippen molar-refractivity contribution < 1.29 is 20.2 Å². The van der Waals surface area contributed by atoms with Crippen molar-refractivity contribution in [1.82, 2.24) is 0 Å². The molecule has 0 bridgehead atoms. The van der Waals surface area contributed by atoms with Gasteiger partial charge in [0.1, 0.15) is 0 Å². The number of carboxylic acid groups (broad SMARTS) is 1. The van der Waals surface area contributed by atoms with Gasteiger partial charge in [-0.1, -0.05) is 30.3 Å². The Labute approximate surface area is 81.5 Å². The molecule has 0 amide bonds. The van der Waals surface area contributed by atoms with Gasteiger partial charge in [0, 0.05) is 6.42 Å². The summed E-state index contributed by atoms with van der Waals surface area (Å²) in [6.45, 7) is 0. The molecule has 0 aromatic heterocycles. The molecule has 14 heavy (non-hydrogen) atoms. The number of carboxylic acids is 1. The second-order valence-corrected chi connectivity index (χ2v) is 2.71. The minimum absolute atomic E-state index is 0. The van der Waals surface area contributed by atoms with Gasteiger partial charge < -0.3 is 10.6 Å². The molecule has 3 N–H and O–H groups in total. The topological polar surface area (TPSA) is 85.9 Å². The minimum Gasteiger partial charge on any atom is -0.476 e. The van der Waals surface area contributed by atoms with Gasteiger partial charge in [0.15, 0.2) is 0 Å². The molecule has 0 unspecified atom stereocenters. The van der Waals surface area contributed by atoms with Crippen LogP contribution in [0.5, 0.6) is 0 Å². The van der Waals surface area contributed by atoms with E-state index in [1.165, 1.54) is 0 Å². The summed E-state index contributed by atoms with van der Waals surface area (Å²) in [5.41, 5.74) is 0.983. The fourth-order valence-electron chi connectivity index (χ4n) is 1.01. The van der Waals surface area contributed by atoms with Crippen molar-refractivity contribution in [1.29, 1.82) is 0 Å². The molecule has 1 aromatic rings. The SMILES string of the molecule is O.O=C(O)C(=O)CCc1ccccc1. The van der Waals surface area contributed by atoms with Crippen LogP contribution in [0.4, 0.5) is 0 Å². The lowest BCUT2D eigenvalue weighted by Gasteiger charge is -1.97. The van der Waals surface area contributed by atoms with Crippen molar-refractivity contribution in [2.24, 2.45) is 0 Å². The molecule has 0 saturated carbocycles. The lowest BCUT2D eigenvalue weighted by Crippen LogP contribution is -2.12. The number of carbonyl (C=O) groups is 2. The first-order chi connectivity index (χ1) is 6.20. The molecule has 0 heterocycles. The van der Waals surface area contributed by atoms with E-state index >= 15 is 0 Å². The Morgan fingerprint density at radius 2 is 1.71 bits per heavy atom. The molecule has 4 heteroatoms. The summed E-state index contributed by atoms with van der Waals surface area (Å²) < 4.78 is 0. The van der Waals surface area contributed by atoms with E-state index in [9.17, 15) is 9.59 Å². The van der Waals surface area contributed by atoms with Crippen LogP contribution in [0.25, 0.3) is 0 Å². The number of rotatable bonds is 4. The van der Waals surface area contributed by atoms with Crippen molar-refractivity contribution in [2.45, 2.75) is 12.8 Å². The number of hydrogen-bond donors (Lipinski definition) is 1. The average Bonchev–Trinajstić information content (AvgIpc) is 2.15. The molecular formula is C10H12O4. The maximum absolute atomic E-state index is 10.7. The lowest BCUT2D eigenvalue weighted by atomic mass is 10.1. The van der Waals surface area contributed by atoms with E-state index in [0.717, 1.165) is 5.56 Å². The third-order valence-corrected chi connectivity index (χ3v) is 1.72. The van der Waals surface area contributed by atoms with E-state index in [2.05, 4.69) is 0 Å². The predicted octanol–water partition coefficient (Wildman–Crippen LogP) is 0.448. The molecule has 4 nitrogen and oxygen atoms in total. The highest BCUT2D eigenvalue weighted by Crippen LogP contribution is 2.02. The number of Topliss-reactive ketones (excluding diaryl/α,β-unsaturated/α-hetero) is 1. The zero-order chi connectivity index (χ0) is 9.68. The van der Waals surface area contributed by atoms with Crippen LogP contribution in [-0.4, -0.2) is 22.3 Å². The van der Waals surface area contributed by atoms with Gasteiger partial charge in [-0.05, 0) is 12.0 Å². The minimum atomic E-state index is -1.35. The van der Waals surface area contributed by atoms with Gasteiger partial charge in [-0.25, -0.2) is 4.79 Å². The molecule has 0 saturated heterocycles. The fraction of sp³-hybridized carbons (Fsp3) is 0.200.